The summed E-state index contributed by atoms with van der Waals surface area (Å²) in [7, 11) is -2.40. The molecule has 0 unspecified atom stereocenters. The fourth-order valence-corrected chi connectivity index (χ4v) is 4.25. The Bertz CT molecular complexity index is 610. The van der Waals surface area contributed by atoms with Gasteiger partial charge in [-0.05, 0) is 54.0 Å². The number of nitrogens with zero attached hydrogens (tertiary/aromatic N) is 1. The Kier molecular flexibility index (Phi) is 6.89. The van der Waals surface area contributed by atoms with Gasteiger partial charge in [-0.1, -0.05) is 11.6 Å². The molecule has 1 aromatic carbocycles. The molecule has 1 heterocycles. The highest BCUT2D eigenvalue weighted by atomic mass is 79.9. The standard InChI is InChI=1S/C12H15BrClFN2O2S.ClH/c1-17(8-2-4-16-5-3-8)20(18,19)12-7-10(14)9(13)6-11(12)15;/h6-8,16H,2-5H2,1H3;1H. The first-order valence-electron chi connectivity index (χ1n) is 6.17. The zero-order valence-corrected chi connectivity index (χ0v) is 15.2. The van der Waals surface area contributed by atoms with E-state index >= 15 is 0 Å². The molecular formula is C12H16BrCl2FN2O2S. The van der Waals surface area contributed by atoms with E-state index in [1.165, 1.54) is 11.4 Å². The Morgan fingerprint density at radius 1 is 1.38 bits per heavy atom. The second-order valence-corrected chi connectivity index (χ2v) is 7.93. The van der Waals surface area contributed by atoms with Crippen LogP contribution in [-0.2, 0) is 10.0 Å². The largest absolute Gasteiger partial charge is 0.317 e. The van der Waals surface area contributed by atoms with Gasteiger partial charge in [0, 0.05) is 17.6 Å². The van der Waals surface area contributed by atoms with Gasteiger partial charge >= 0.3 is 0 Å². The molecule has 0 bridgehead atoms. The van der Waals surface area contributed by atoms with E-state index in [1.807, 2.05) is 0 Å². The number of hydrogen-bond acceptors (Lipinski definition) is 3. The maximum atomic E-state index is 13.9. The molecule has 1 fully saturated rings. The number of piperidine rings is 1. The van der Waals surface area contributed by atoms with E-state index < -0.39 is 15.8 Å². The smallest absolute Gasteiger partial charge is 0.246 e. The van der Waals surface area contributed by atoms with Crippen molar-refractivity contribution in [3.8, 4) is 0 Å². The average Bonchev–Trinajstić information content (AvgIpc) is 2.42. The van der Waals surface area contributed by atoms with E-state index in [9.17, 15) is 12.8 Å². The van der Waals surface area contributed by atoms with Crippen LogP contribution in [0.4, 0.5) is 4.39 Å². The molecule has 0 spiro atoms. The van der Waals surface area contributed by atoms with E-state index in [4.69, 9.17) is 11.6 Å². The summed E-state index contributed by atoms with van der Waals surface area (Å²) in [5, 5.41) is 3.34. The van der Waals surface area contributed by atoms with E-state index in [2.05, 4.69) is 21.2 Å². The molecular weight excluding hydrogens is 406 g/mol. The average molecular weight is 422 g/mol. The molecule has 21 heavy (non-hydrogen) atoms. The van der Waals surface area contributed by atoms with Crippen LogP contribution in [0.1, 0.15) is 12.8 Å². The lowest BCUT2D eigenvalue weighted by Gasteiger charge is -2.31. The first-order valence-corrected chi connectivity index (χ1v) is 8.78. The Morgan fingerprint density at radius 2 is 1.95 bits per heavy atom. The minimum absolute atomic E-state index is 0. The second kappa shape index (κ2) is 7.57. The lowest BCUT2D eigenvalue weighted by molar-refractivity contribution is 0.295. The summed E-state index contributed by atoms with van der Waals surface area (Å²) in [6.45, 7) is 1.52. The van der Waals surface area contributed by atoms with Gasteiger partial charge in [0.15, 0.2) is 0 Å². The molecule has 4 nitrogen and oxygen atoms in total. The minimum atomic E-state index is -3.88. The molecule has 1 saturated heterocycles. The lowest BCUT2D eigenvalue weighted by Crippen LogP contribution is -2.44. The third-order valence-corrected chi connectivity index (χ3v) is 6.58. The quantitative estimate of drug-likeness (QED) is 0.763. The maximum absolute atomic E-state index is 13.9. The number of halogens is 4. The first kappa shape index (κ1) is 19.1. The van der Waals surface area contributed by atoms with Gasteiger partial charge in [0.05, 0.1) is 5.02 Å². The number of nitrogens with one attached hydrogen (secondary N) is 1. The molecule has 0 aliphatic carbocycles. The van der Waals surface area contributed by atoms with Crippen molar-refractivity contribution < 1.29 is 12.8 Å². The van der Waals surface area contributed by atoms with Gasteiger partial charge in [-0.3, -0.25) is 0 Å². The van der Waals surface area contributed by atoms with Crippen LogP contribution >= 0.6 is 39.9 Å². The molecule has 0 amide bonds. The topological polar surface area (TPSA) is 49.4 Å². The molecule has 1 aliphatic rings. The van der Waals surface area contributed by atoms with E-state index in [0.717, 1.165) is 25.2 Å². The fourth-order valence-electron chi connectivity index (χ4n) is 2.22. The van der Waals surface area contributed by atoms with E-state index in [0.29, 0.717) is 17.3 Å². The molecule has 0 aromatic heterocycles. The highest BCUT2D eigenvalue weighted by molar-refractivity contribution is 9.10. The van der Waals surface area contributed by atoms with Crippen LogP contribution < -0.4 is 5.32 Å². The Balaban J connectivity index is 0.00000220. The lowest BCUT2D eigenvalue weighted by atomic mass is 10.1. The Morgan fingerprint density at radius 3 is 2.52 bits per heavy atom. The van der Waals surface area contributed by atoms with Crippen molar-refractivity contribution in [3.63, 3.8) is 0 Å². The van der Waals surface area contributed by atoms with Gasteiger partial charge in [0.2, 0.25) is 10.0 Å². The van der Waals surface area contributed by atoms with Gasteiger partial charge < -0.3 is 5.32 Å². The first-order chi connectivity index (χ1) is 9.34. The van der Waals surface area contributed by atoms with Gasteiger partial charge in [-0.2, -0.15) is 4.31 Å². The van der Waals surface area contributed by atoms with Gasteiger partial charge in [-0.15, -0.1) is 12.4 Å². The van der Waals surface area contributed by atoms with Crippen LogP contribution in [0.3, 0.4) is 0 Å². The number of hydrogen-bond donors (Lipinski definition) is 1. The number of rotatable bonds is 3. The predicted molar refractivity (Wildman–Crippen MR) is 87.2 cm³/mol. The summed E-state index contributed by atoms with van der Waals surface area (Å²) in [5.41, 5.74) is 0. The van der Waals surface area contributed by atoms with Crippen LogP contribution in [0.15, 0.2) is 21.5 Å². The van der Waals surface area contributed by atoms with Crippen molar-refractivity contribution in [2.45, 2.75) is 23.8 Å². The summed E-state index contributed by atoms with van der Waals surface area (Å²) in [5.74, 6) is -0.804. The van der Waals surface area contributed by atoms with Crippen molar-refractivity contribution in [2.75, 3.05) is 20.1 Å². The zero-order chi connectivity index (χ0) is 14.9. The predicted octanol–water partition coefficient (Wildman–Crippen LogP) is 3.04. The number of benzene rings is 1. The second-order valence-electron chi connectivity index (χ2n) is 4.70. The van der Waals surface area contributed by atoms with Gasteiger partial charge in [-0.25, -0.2) is 12.8 Å². The molecule has 1 aliphatic heterocycles. The summed E-state index contributed by atoms with van der Waals surface area (Å²) in [4.78, 5) is -0.383. The summed E-state index contributed by atoms with van der Waals surface area (Å²) >= 11 is 8.95. The normalized spacial score (nSPS) is 16.8. The monoisotopic (exact) mass is 420 g/mol. The third kappa shape index (κ3) is 4.09. The third-order valence-electron chi connectivity index (χ3n) is 3.45. The SMILES string of the molecule is CN(C1CCNCC1)S(=O)(=O)c1cc(Cl)c(Br)cc1F.Cl. The highest BCUT2D eigenvalue weighted by Crippen LogP contribution is 2.30. The van der Waals surface area contributed by atoms with Crippen LogP contribution in [0.2, 0.25) is 5.02 Å². The van der Waals surface area contributed by atoms with Crippen molar-refractivity contribution >= 4 is 50.0 Å². The molecule has 2 rings (SSSR count). The van der Waals surface area contributed by atoms with Crippen molar-refractivity contribution in [3.05, 3.63) is 27.4 Å². The van der Waals surface area contributed by atoms with Gasteiger partial charge in [0.1, 0.15) is 10.7 Å². The highest BCUT2D eigenvalue weighted by Gasteiger charge is 2.31. The van der Waals surface area contributed by atoms with Crippen molar-refractivity contribution in [1.29, 1.82) is 0 Å². The fraction of sp³-hybridized carbons (Fsp3) is 0.500. The molecule has 0 saturated carbocycles. The van der Waals surface area contributed by atoms with Crippen LogP contribution in [-0.4, -0.2) is 38.9 Å². The Labute approximate surface area is 143 Å². The Hall–Kier alpha value is 0.0800. The zero-order valence-electron chi connectivity index (χ0n) is 11.3. The minimum Gasteiger partial charge on any atom is -0.317 e. The summed E-state index contributed by atoms with van der Waals surface area (Å²) < 4.78 is 40.5. The summed E-state index contributed by atoms with van der Waals surface area (Å²) in [6.07, 6.45) is 1.42. The molecule has 0 atom stereocenters. The molecule has 1 N–H and O–H groups in total. The summed E-state index contributed by atoms with van der Waals surface area (Å²) in [6, 6.07) is 2.10. The molecule has 1 aromatic rings. The van der Waals surface area contributed by atoms with Crippen LogP contribution in [0.25, 0.3) is 0 Å². The maximum Gasteiger partial charge on any atom is 0.246 e. The van der Waals surface area contributed by atoms with Crippen LogP contribution in [0, 0.1) is 5.82 Å². The number of sulfonamides is 1. The van der Waals surface area contributed by atoms with Crippen molar-refractivity contribution in [1.82, 2.24) is 9.62 Å². The van der Waals surface area contributed by atoms with Crippen molar-refractivity contribution in [2.24, 2.45) is 0 Å². The van der Waals surface area contributed by atoms with E-state index in [-0.39, 0.29) is 28.4 Å². The molecule has 9 heteroatoms. The van der Waals surface area contributed by atoms with Gasteiger partial charge in [0.25, 0.3) is 0 Å². The molecule has 0 radical (unpaired) electrons. The van der Waals surface area contributed by atoms with Crippen LogP contribution in [0.5, 0.6) is 0 Å². The molecule has 120 valence electrons. The van der Waals surface area contributed by atoms with E-state index in [1.54, 1.807) is 0 Å².